The number of carbonyl (C=O) groups is 2. The first-order chi connectivity index (χ1) is 12.4. The van der Waals surface area contributed by atoms with Crippen molar-refractivity contribution in [1.29, 1.82) is 0 Å². The molecule has 3 aromatic rings. The van der Waals surface area contributed by atoms with E-state index < -0.39 is 23.7 Å². The molecular formula is C18H16FN3O3S. The smallest absolute Gasteiger partial charge is 0.326 e. The van der Waals surface area contributed by atoms with Gasteiger partial charge in [0.25, 0.3) is 5.91 Å². The largest absolute Gasteiger partial charge is 0.480 e. The minimum atomic E-state index is -1.01. The number of aromatic nitrogens is 1. The fraction of sp³-hybridized carbons (Fsp3) is 0.167. The normalized spacial score (nSPS) is 13.1. The Morgan fingerprint density at radius 3 is 2.69 bits per heavy atom. The van der Waals surface area contributed by atoms with Crippen molar-refractivity contribution < 1.29 is 19.1 Å². The Morgan fingerprint density at radius 1 is 1.31 bits per heavy atom. The minimum absolute atomic E-state index is 0.0170. The summed E-state index contributed by atoms with van der Waals surface area (Å²) in [6, 6.07) is 9.83. The monoisotopic (exact) mass is 373 g/mol. The molecule has 134 valence electrons. The third-order valence-electron chi connectivity index (χ3n) is 3.96. The van der Waals surface area contributed by atoms with Gasteiger partial charge < -0.3 is 15.4 Å². The number of amides is 1. The SMILES string of the molecule is CCC(C(=O)O)n1/c(=N/C(=O)c2ccc(F)cc2N)sc2ccccc21. The lowest BCUT2D eigenvalue weighted by Crippen LogP contribution is -2.27. The van der Waals surface area contributed by atoms with E-state index in [1.807, 2.05) is 12.1 Å². The van der Waals surface area contributed by atoms with Gasteiger partial charge in [0.05, 0.1) is 15.8 Å². The Morgan fingerprint density at radius 2 is 2.04 bits per heavy atom. The van der Waals surface area contributed by atoms with Crippen molar-refractivity contribution in [3.8, 4) is 0 Å². The number of anilines is 1. The van der Waals surface area contributed by atoms with Gasteiger partial charge in [-0.15, -0.1) is 0 Å². The summed E-state index contributed by atoms with van der Waals surface area (Å²) in [4.78, 5) is 28.5. The van der Waals surface area contributed by atoms with Crippen LogP contribution in [0.15, 0.2) is 47.5 Å². The maximum absolute atomic E-state index is 13.2. The molecule has 3 rings (SSSR count). The molecule has 0 aliphatic heterocycles. The lowest BCUT2D eigenvalue weighted by atomic mass is 10.1. The van der Waals surface area contributed by atoms with E-state index in [2.05, 4.69) is 4.99 Å². The second kappa shape index (κ2) is 7.09. The van der Waals surface area contributed by atoms with Crippen molar-refractivity contribution in [2.75, 3.05) is 5.73 Å². The molecule has 8 heteroatoms. The second-order valence-electron chi connectivity index (χ2n) is 5.63. The molecule has 0 radical (unpaired) electrons. The number of carboxylic acid groups (broad SMARTS) is 1. The Bertz CT molecular complexity index is 1070. The fourth-order valence-electron chi connectivity index (χ4n) is 2.71. The molecule has 0 spiro atoms. The Kier molecular flexibility index (Phi) is 4.85. The van der Waals surface area contributed by atoms with Gasteiger partial charge in [0.15, 0.2) is 4.80 Å². The summed E-state index contributed by atoms with van der Waals surface area (Å²) in [5.41, 5.74) is 6.44. The maximum Gasteiger partial charge on any atom is 0.326 e. The maximum atomic E-state index is 13.2. The number of aliphatic carboxylic acids is 1. The quantitative estimate of drug-likeness (QED) is 0.686. The number of nitrogen functional groups attached to an aromatic ring is 1. The molecule has 1 heterocycles. The molecule has 0 bridgehead atoms. The third kappa shape index (κ3) is 3.23. The van der Waals surface area contributed by atoms with Crippen molar-refractivity contribution >= 4 is 39.1 Å². The van der Waals surface area contributed by atoms with Crippen LogP contribution in [0.3, 0.4) is 0 Å². The summed E-state index contributed by atoms with van der Waals surface area (Å²) in [6.45, 7) is 1.75. The van der Waals surface area contributed by atoms with Gasteiger partial charge in [-0.05, 0) is 36.8 Å². The van der Waals surface area contributed by atoms with Crippen LogP contribution in [0.1, 0.15) is 29.7 Å². The average Bonchev–Trinajstić information content (AvgIpc) is 2.93. The number of carbonyl (C=O) groups excluding carboxylic acids is 1. The molecule has 1 unspecified atom stereocenters. The zero-order valence-corrected chi connectivity index (χ0v) is 14.7. The summed E-state index contributed by atoms with van der Waals surface area (Å²) in [5.74, 6) is -2.21. The number of para-hydroxylation sites is 1. The molecule has 1 atom stereocenters. The number of carboxylic acids is 1. The van der Waals surface area contributed by atoms with E-state index in [9.17, 15) is 19.1 Å². The van der Waals surface area contributed by atoms with E-state index >= 15 is 0 Å². The van der Waals surface area contributed by atoms with Crippen molar-refractivity contribution in [2.45, 2.75) is 19.4 Å². The number of nitrogens with zero attached hydrogens (tertiary/aromatic N) is 2. The van der Waals surface area contributed by atoms with Gasteiger partial charge in [0, 0.05) is 5.69 Å². The predicted molar refractivity (Wildman–Crippen MR) is 97.5 cm³/mol. The minimum Gasteiger partial charge on any atom is -0.480 e. The molecular weight excluding hydrogens is 357 g/mol. The molecule has 0 saturated heterocycles. The number of fused-ring (bicyclic) bond motifs is 1. The van der Waals surface area contributed by atoms with Crippen LogP contribution in [0.25, 0.3) is 10.2 Å². The molecule has 0 saturated carbocycles. The highest BCUT2D eigenvalue weighted by atomic mass is 32.1. The van der Waals surface area contributed by atoms with E-state index in [1.54, 1.807) is 23.6 Å². The average molecular weight is 373 g/mol. The van der Waals surface area contributed by atoms with Crippen LogP contribution in [-0.4, -0.2) is 21.6 Å². The van der Waals surface area contributed by atoms with E-state index in [0.29, 0.717) is 11.9 Å². The third-order valence-corrected chi connectivity index (χ3v) is 4.99. The van der Waals surface area contributed by atoms with Crippen molar-refractivity contribution in [3.63, 3.8) is 0 Å². The Labute approximate surface area is 152 Å². The van der Waals surface area contributed by atoms with E-state index in [4.69, 9.17) is 5.73 Å². The molecule has 1 aromatic heterocycles. The number of nitrogens with two attached hydrogens (primary N) is 1. The number of hydrogen-bond acceptors (Lipinski definition) is 4. The van der Waals surface area contributed by atoms with Crippen LogP contribution in [0.4, 0.5) is 10.1 Å². The summed E-state index contributed by atoms with van der Waals surface area (Å²) >= 11 is 1.21. The van der Waals surface area contributed by atoms with Gasteiger partial charge in [-0.25, -0.2) is 9.18 Å². The molecule has 3 N–H and O–H groups in total. The van der Waals surface area contributed by atoms with Crippen molar-refractivity contribution in [3.05, 3.63) is 58.6 Å². The van der Waals surface area contributed by atoms with Gasteiger partial charge in [0.2, 0.25) is 0 Å². The highest BCUT2D eigenvalue weighted by Gasteiger charge is 2.22. The fourth-order valence-corrected chi connectivity index (χ4v) is 3.78. The molecule has 2 aromatic carbocycles. The van der Waals surface area contributed by atoms with E-state index in [1.165, 1.54) is 17.4 Å². The molecule has 6 nitrogen and oxygen atoms in total. The summed E-state index contributed by atoms with van der Waals surface area (Å²) in [5, 5.41) is 9.55. The van der Waals surface area contributed by atoms with Crippen LogP contribution >= 0.6 is 11.3 Å². The number of halogens is 1. The number of thiazole rings is 1. The summed E-state index contributed by atoms with van der Waals surface area (Å²) in [6.07, 6.45) is 0.329. The molecule has 0 fully saturated rings. The van der Waals surface area contributed by atoms with E-state index in [-0.39, 0.29) is 16.1 Å². The van der Waals surface area contributed by atoms with E-state index in [0.717, 1.165) is 16.8 Å². The number of rotatable bonds is 4. The predicted octanol–water partition coefficient (Wildman–Crippen LogP) is 3.20. The van der Waals surface area contributed by atoms with Crippen molar-refractivity contribution in [2.24, 2.45) is 4.99 Å². The second-order valence-corrected chi connectivity index (χ2v) is 6.64. The Balaban J connectivity index is 2.22. The molecule has 0 aliphatic carbocycles. The van der Waals surface area contributed by atoms with Crippen molar-refractivity contribution in [1.82, 2.24) is 4.57 Å². The Hall–Kier alpha value is -3.00. The topological polar surface area (TPSA) is 97.7 Å². The van der Waals surface area contributed by atoms with Gasteiger partial charge in [-0.1, -0.05) is 30.4 Å². The zero-order valence-electron chi connectivity index (χ0n) is 13.8. The number of benzene rings is 2. The van der Waals surface area contributed by atoms with Crippen LogP contribution < -0.4 is 10.5 Å². The standard InChI is InChI=1S/C18H16FN3O3S/c1-2-13(17(24)25)22-14-5-3-4-6-15(14)26-18(22)21-16(23)11-8-7-10(19)9-12(11)20/h3-9,13H,2,20H2,1H3,(H,24,25)/b21-18-. The van der Waals surface area contributed by atoms with Gasteiger partial charge in [0.1, 0.15) is 11.9 Å². The molecule has 0 aliphatic rings. The number of hydrogen-bond donors (Lipinski definition) is 2. The van der Waals surface area contributed by atoms with Crippen LogP contribution in [0.2, 0.25) is 0 Å². The highest BCUT2D eigenvalue weighted by molar-refractivity contribution is 7.16. The summed E-state index contributed by atoms with van der Waals surface area (Å²) in [7, 11) is 0. The van der Waals surface area contributed by atoms with Crippen LogP contribution in [0.5, 0.6) is 0 Å². The first-order valence-electron chi connectivity index (χ1n) is 7.89. The highest BCUT2D eigenvalue weighted by Crippen LogP contribution is 2.23. The lowest BCUT2D eigenvalue weighted by Gasteiger charge is -2.13. The first kappa shape index (κ1) is 17.8. The lowest BCUT2D eigenvalue weighted by molar-refractivity contribution is -0.140. The molecule has 26 heavy (non-hydrogen) atoms. The van der Waals surface area contributed by atoms with Gasteiger partial charge in [-0.3, -0.25) is 4.79 Å². The summed E-state index contributed by atoms with van der Waals surface area (Å²) < 4.78 is 15.5. The molecule has 1 amide bonds. The zero-order chi connectivity index (χ0) is 18.8. The van der Waals surface area contributed by atoms with Gasteiger partial charge >= 0.3 is 5.97 Å². The van der Waals surface area contributed by atoms with Crippen LogP contribution in [0, 0.1) is 5.82 Å². The first-order valence-corrected chi connectivity index (χ1v) is 8.71. The van der Waals surface area contributed by atoms with Crippen LogP contribution in [-0.2, 0) is 4.79 Å². The van der Waals surface area contributed by atoms with Gasteiger partial charge in [-0.2, -0.15) is 4.99 Å².